The molecule has 3 rings (SSSR count). The molecule has 0 aromatic heterocycles. The van der Waals surface area contributed by atoms with Crippen LogP contribution in [0.25, 0.3) is 0 Å². The lowest BCUT2D eigenvalue weighted by Crippen LogP contribution is -2.40. The SMILES string of the molecule is Cc1ccccc1OCC(=O)N1CC[C@@]2(CN(C)C(=O)O2)C1. The van der Waals surface area contributed by atoms with Crippen LogP contribution in [0.4, 0.5) is 4.79 Å². The summed E-state index contributed by atoms with van der Waals surface area (Å²) >= 11 is 0. The first kappa shape index (κ1) is 14.7. The quantitative estimate of drug-likeness (QED) is 0.847. The van der Waals surface area contributed by atoms with Gasteiger partial charge in [0.1, 0.15) is 5.75 Å². The lowest BCUT2D eigenvalue weighted by molar-refractivity contribution is -0.133. The molecular formula is C16H20N2O4. The van der Waals surface area contributed by atoms with Gasteiger partial charge in [0.05, 0.1) is 13.1 Å². The summed E-state index contributed by atoms with van der Waals surface area (Å²) in [6, 6.07) is 7.60. The standard InChI is InChI=1S/C16H20N2O4/c1-12-5-3-4-6-13(12)21-9-14(19)18-8-7-16(11-18)10-17(2)15(20)22-16/h3-6H,7-11H2,1-2H3/t16-/m1/s1. The minimum absolute atomic E-state index is 0.00468. The van der Waals surface area contributed by atoms with Gasteiger partial charge in [-0.15, -0.1) is 0 Å². The third-order valence-electron chi connectivity index (χ3n) is 4.25. The maximum atomic E-state index is 12.3. The second kappa shape index (κ2) is 5.51. The van der Waals surface area contributed by atoms with Gasteiger partial charge in [0.25, 0.3) is 5.91 Å². The fourth-order valence-electron chi connectivity index (χ4n) is 3.01. The molecule has 0 radical (unpaired) electrons. The van der Waals surface area contributed by atoms with E-state index < -0.39 is 5.60 Å². The molecule has 1 aromatic rings. The summed E-state index contributed by atoms with van der Waals surface area (Å²) in [5.74, 6) is 0.641. The summed E-state index contributed by atoms with van der Waals surface area (Å²) in [6.07, 6.45) is 0.365. The molecule has 6 nitrogen and oxygen atoms in total. The predicted molar refractivity (Wildman–Crippen MR) is 79.7 cm³/mol. The third-order valence-corrected chi connectivity index (χ3v) is 4.25. The van der Waals surface area contributed by atoms with Crippen molar-refractivity contribution in [2.24, 2.45) is 0 Å². The number of likely N-dealkylation sites (tertiary alicyclic amines) is 1. The van der Waals surface area contributed by atoms with Crippen LogP contribution in [0.15, 0.2) is 24.3 Å². The summed E-state index contributed by atoms with van der Waals surface area (Å²) in [5, 5.41) is 0. The van der Waals surface area contributed by atoms with Crippen molar-refractivity contribution >= 4 is 12.0 Å². The maximum absolute atomic E-state index is 12.3. The summed E-state index contributed by atoms with van der Waals surface area (Å²) in [7, 11) is 1.71. The summed E-state index contributed by atoms with van der Waals surface area (Å²) in [4.78, 5) is 27.1. The van der Waals surface area contributed by atoms with E-state index in [-0.39, 0.29) is 18.6 Å². The molecule has 0 saturated carbocycles. The first-order valence-corrected chi connectivity index (χ1v) is 7.39. The van der Waals surface area contributed by atoms with Crippen molar-refractivity contribution in [1.29, 1.82) is 0 Å². The number of hydrogen-bond donors (Lipinski definition) is 0. The Labute approximate surface area is 129 Å². The zero-order valence-corrected chi connectivity index (χ0v) is 12.9. The van der Waals surface area contributed by atoms with Gasteiger partial charge in [-0.2, -0.15) is 0 Å². The Bertz CT molecular complexity index is 604. The van der Waals surface area contributed by atoms with E-state index in [0.29, 0.717) is 26.1 Å². The summed E-state index contributed by atoms with van der Waals surface area (Å²) in [6.45, 7) is 3.52. The number of aryl methyl sites for hydroxylation is 1. The maximum Gasteiger partial charge on any atom is 0.410 e. The highest BCUT2D eigenvalue weighted by molar-refractivity contribution is 5.78. The second-order valence-electron chi connectivity index (χ2n) is 6.03. The highest BCUT2D eigenvalue weighted by Crippen LogP contribution is 2.31. The number of benzene rings is 1. The van der Waals surface area contributed by atoms with Crippen LogP contribution in [0.3, 0.4) is 0 Å². The molecule has 118 valence electrons. The molecule has 22 heavy (non-hydrogen) atoms. The smallest absolute Gasteiger partial charge is 0.410 e. The fraction of sp³-hybridized carbons (Fsp3) is 0.500. The molecule has 0 N–H and O–H groups in total. The van der Waals surface area contributed by atoms with Crippen molar-refractivity contribution < 1.29 is 19.1 Å². The van der Waals surface area contributed by atoms with E-state index >= 15 is 0 Å². The van der Waals surface area contributed by atoms with E-state index in [1.807, 2.05) is 31.2 Å². The molecule has 6 heteroatoms. The minimum Gasteiger partial charge on any atom is -0.484 e. The first-order valence-electron chi connectivity index (χ1n) is 7.39. The average Bonchev–Trinajstić information content (AvgIpc) is 3.01. The van der Waals surface area contributed by atoms with Crippen molar-refractivity contribution in [2.45, 2.75) is 18.9 Å². The molecule has 2 aliphatic rings. The van der Waals surface area contributed by atoms with Crippen LogP contribution in [-0.4, -0.2) is 60.7 Å². The van der Waals surface area contributed by atoms with Crippen LogP contribution in [0, 0.1) is 6.92 Å². The number of ether oxygens (including phenoxy) is 2. The molecular weight excluding hydrogens is 284 g/mol. The molecule has 1 atom stereocenters. The number of amides is 2. The molecule has 2 heterocycles. The number of carbonyl (C=O) groups is 2. The monoisotopic (exact) mass is 304 g/mol. The van der Waals surface area contributed by atoms with Crippen LogP contribution in [0.2, 0.25) is 0 Å². The largest absolute Gasteiger partial charge is 0.484 e. The Kier molecular flexibility index (Phi) is 3.68. The number of nitrogens with zero attached hydrogens (tertiary/aromatic N) is 2. The van der Waals surface area contributed by atoms with Crippen molar-refractivity contribution in [1.82, 2.24) is 9.80 Å². The van der Waals surface area contributed by atoms with Crippen LogP contribution in [-0.2, 0) is 9.53 Å². The zero-order chi connectivity index (χ0) is 15.7. The summed E-state index contributed by atoms with van der Waals surface area (Å²) < 4.78 is 11.0. The van der Waals surface area contributed by atoms with Gasteiger partial charge in [-0.25, -0.2) is 4.79 Å². The van der Waals surface area contributed by atoms with Crippen molar-refractivity contribution in [2.75, 3.05) is 33.3 Å². The lowest BCUT2D eigenvalue weighted by atomic mass is 10.0. The van der Waals surface area contributed by atoms with Gasteiger partial charge in [-0.05, 0) is 18.6 Å². The molecule has 2 fully saturated rings. The Morgan fingerprint density at radius 2 is 2.14 bits per heavy atom. The lowest BCUT2D eigenvalue weighted by Gasteiger charge is -2.22. The van der Waals surface area contributed by atoms with E-state index in [1.54, 1.807) is 16.8 Å². The van der Waals surface area contributed by atoms with Crippen molar-refractivity contribution in [3.63, 3.8) is 0 Å². The Balaban J connectivity index is 1.56. The van der Waals surface area contributed by atoms with Crippen LogP contribution < -0.4 is 4.74 Å². The molecule has 1 spiro atoms. The molecule has 0 aliphatic carbocycles. The summed E-state index contributed by atoms with van der Waals surface area (Å²) in [5.41, 5.74) is 0.462. The Morgan fingerprint density at radius 3 is 2.82 bits per heavy atom. The van der Waals surface area contributed by atoms with E-state index in [1.165, 1.54) is 0 Å². The van der Waals surface area contributed by atoms with Crippen molar-refractivity contribution in [3.8, 4) is 5.75 Å². The highest BCUT2D eigenvalue weighted by Gasteiger charge is 2.49. The van der Waals surface area contributed by atoms with Crippen molar-refractivity contribution in [3.05, 3.63) is 29.8 Å². The van der Waals surface area contributed by atoms with Gasteiger partial charge < -0.3 is 19.3 Å². The van der Waals surface area contributed by atoms with Gasteiger partial charge in [0.15, 0.2) is 12.2 Å². The van der Waals surface area contributed by atoms with E-state index in [0.717, 1.165) is 11.3 Å². The highest BCUT2D eigenvalue weighted by atomic mass is 16.6. The van der Waals surface area contributed by atoms with Gasteiger partial charge >= 0.3 is 6.09 Å². The topological polar surface area (TPSA) is 59.1 Å². The van der Waals surface area contributed by atoms with Gasteiger partial charge in [0, 0.05) is 20.0 Å². The first-order chi connectivity index (χ1) is 10.5. The van der Waals surface area contributed by atoms with Gasteiger partial charge in [0.2, 0.25) is 0 Å². The normalized spacial score (nSPS) is 24.0. The second-order valence-corrected chi connectivity index (χ2v) is 6.03. The van der Waals surface area contributed by atoms with Crippen LogP contribution in [0.1, 0.15) is 12.0 Å². The molecule has 2 amide bonds. The predicted octanol–water partition coefficient (Wildman–Crippen LogP) is 1.43. The Morgan fingerprint density at radius 1 is 1.36 bits per heavy atom. The Hall–Kier alpha value is -2.24. The number of rotatable bonds is 3. The molecule has 0 unspecified atom stereocenters. The number of likely N-dealkylation sites (N-methyl/N-ethyl adjacent to an activating group) is 1. The van der Waals surface area contributed by atoms with Gasteiger partial charge in [-0.1, -0.05) is 18.2 Å². The average molecular weight is 304 g/mol. The van der Waals surface area contributed by atoms with E-state index in [4.69, 9.17) is 9.47 Å². The number of carbonyl (C=O) groups excluding carboxylic acids is 2. The fourth-order valence-corrected chi connectivity index (χ4v) is 3.01. The minimum atomic E-state index is -0.538. The molecule has 2 aliphatic heterocycles. The number of hydrogen-bond acceptors (Lipinski definition) is 4. The molecule has 0 bridgehead atoms. The van der Waals surface area contributed by atoms with E-state index in [9.17, 15) is 9.59 Å². The van der Waals surface area contributed by atoms with Crippen LogP contribution >= 0.6 is 0 Å². The molecule has 2 saturated heterocycles. The number of para-hydroxylation sites is 1. The van der Waals surface area contributed by atoms with E-state index in [2.05, 4.69) is 0 Å². The van der Waals surface area contributed by atoms with Crippen LogP contribution in [0.5, 0.6) is 5.75 Å². The van der Waals surface area contributed by atoms with Gasteiger partial charge in [-0.3, -0.25) is 4.79 Å². The third kappa shape index (κ3) is 2.73. The zero-order valence-electron chi connectivity index (χ0n) is 12.9. The molecule has 1 aromatic carbocycles.